The van der Waals surface area contributed by atoms with E-state index in [-0.39, 0.29) is 0 Å². The fourth-order valence-electron chi connectivity index (χ4n) is 2.27. The van der Waals surface area contributed by atoms with Crippen molar-refractivity contribution < 1.29 is 0 Å². The lowest BCUT2D eigenvalue weighted by Crippen LogP contribution is -2.24. The Morgan fingerprint density at radius 2 is 2.10 bits per heavy atom. The molecule has 0 aliphatic rings. The summed E-state index contributed by atoms with van der Waals surface area (Å²) < 4.78 is 0. The number of hydrogen-bond donors (Lipinski definition) is 1. The largest absolute Gasteiger partial charge is 0.309 e. The Bertz CT molecular complexity index is 556. The molecule has 1 aromatic carbocycles. The van der Waals surface area contributed by atoms with Gasteiger partial charge in [-0.15, -0.1) is 0 Å². The predicted octanol–water partition coefficient (Wildman–Crippen LogP) is 4.81. The van der Waals surface area contributed by atoms with Gasteiger partial charge >= 0.3 is 0 Å². The molecule has 0 spiro atoms. The van der Waals surface area contributed by atoms with Crippen LogP contribution in [0.3, 0.4) is 0 Å². The first kappa shape index (κ1) is 16.3. The summed E-state index contributed by atoms with van der Waals surface area (Å²) in [6, 6.07) is 11.2. The maximum Gasteiger partial charge on any atom is 0.0705 e. The number of nitrogens with zero attached hydrogens (tertiary/aromatic N) is 1. The van der Waals surface area contributed by atoms with Crippen LogP contribution in [0.4, 0.5) is 0 Å². The molecule has 0 bridgehead atoms. The van der Waals surface area contributed by atoms with E-state index in [0.29, 0.717) is 6.04 Å². The second-order valence-electron chi connectivity index (χ2n) is 5.51. The molecule has 0 amide bonds. The summed E-state index contributed by atoms with van der Waals surface area (Å²) in [6.07, 6.45) is 4.26. The molecule has 0 fully saturated rings. The van der Waals surface area contributed by atoms with Crippen LogP contribution < -0.4 is 5.32 Å². The molecule has 2 aromatic rings. The number of aromatic nitrogens is 1. The Morgan fingerprint density at radius 3 is 2.86 bits per heavy atom. The average molecular weight is 302 g/mol. The highest BCUT2D eigenvalue weighted by Crippen LogP contribution is 2.25. The summed E-state index contributed by atoms with van der Waals surface area (Å²) in [5, 5.41) is 5.61. The first-order valence-electron chi connectivity index (χ1n) is 7.94. The molecule has 2 unspecified atom stereocenters. The molecule has 0 radical (unpaired) electrons. The van der Waals surface area contributed by atoms with Gasteiger partial charge in [0.15, 0.2) is 0 Å². The van der Waals surface area contributed by atoms with Gasteiger partial charge in [0, 0.05) is 28.6 Å². The van der Waals surface area contributed by atoms with Crippen molar-refractivity contribution in [1.29, 1.82) is 0 Å². The summed E-state index contributed by atoms with van der Waals surface area (Å²) in [6.45, 7) is 7.84. The number of benzene rings is 1. The summed E-state index contributed by atoms with van der Waals surface area (Å²) >= 11 is 2.05. The molecule has 0 saturated heterocycles. The van der Waals surface area contributed by atoms with Crippen LogP contribution in [0.2, 0.25) is 0 Å². The quantitative estimate of drug-likeness (QED) is 0.757. The van der Waals surface area contributed by atoms with E-state index < -0.39 is 0 Å². The number of pyridine rings is 1. The fourth-order valence-corrected chi connectivity index (χ4v) is 3.34. The minimum atomic E-state index is 0.412. The molecule has 1 heterocycles. The van der Waals surface area contributed by atoms with Gasteiger partial charge in [0.1, 0.15) is 0 Å². The third kappa shape index (κ3) is 4.72. The van der Waals surface area contributed by atoms with E-state index in [4.69, 9.17) is 0 Å². The molecule has 1 aromatic heterocycles. The number of hydrogen-bond acceptors (Lipinski definition) is 3. The number of fused-ring (bicyclic) bond motifs is 1. The molecule has 2 atom stereocenters. The smallest absolute Gasteiger partial charge is 0.0705 e. The SMILES string of the molecule is CCCNC(CSC(C)CC)c1ccc2cccnc2c1. The minimum absolute atomic E-state index is 0.412. The molecular formula is C18H26N2S. The van der Waals surface area contributed by atoms with Crippen LogP contribution in [0.1, 0.15) is 45.2 Å². The second kappa shape index (κ2) is 8.40. The Kier molecular flexibility index (Phi) is 6.52. The molecular weight excluding hydrogens is 276 g/mol. The number of rotatable bonds is 8. The maximum absolute atomic E-state index is 4.48. The standard InChI is InChI=1S/C18H26N2S/c1-4-10-19-18(13-21-14(3)5-2)16-9-8-15-7-6-11-20-17(15)12-16/h6-9,11-12,14,18-19H,4-5,10,13H2,1-3H3. The highest BCUT2D eigenvalue weighted by atomic mass is 32.2. The number of nitrogens with one attached hydrogen (secondary N) is 1. The van der Waals surface area contributed by atoms with Crippen molar-refractivity contribution in [3.8, 4) is 0 Å². The normalized spacial score (nSPS) is 14.2. The van der Waals surface area contributed by atoms with Gasteiger partial charge < -0.3 is 5.32 Å². The lowest BCUT2D eigenvalue weighted by molar-refractivity contribution is 0.577. The lowest BCUT2D eigenvalue weighted by atomic mass is 10.1. The molecule has 2 rings (SSSR count). The third-order valence-corrected chi connectivity index (χ3v) is 5.22. The summed E-state index contributed by atoms with van der Waals surface area (Å²) in [4.78, 5) is 4.48. The van der Waals surface area contributed by atoms with Crippen LogP contribution in [0.25, 0.3) is 10.9 Å². The van der Waals surface area contributed by atoms with E-state index in [2.05, 4.69) is 67.1 Å². The topological polar surface area (TPSA) is 24.9 Å². The van der Waals surface area contributed by atoms with Crippen molar-refractivity contribution in [2.75, 3.05) is 12.3 Å². The molecule has 0 aliphatic heterocycles. The molecule has 2 nitrogen and oxygen atoms in total. The molecule has 3 heteroatoms. The van der Waals surface area contributed by atoms with Crippen LogP contribution in [-0.4, -0.2) is 22.5 Å². The highest BCUT2D eigenvalue weighted by molar-refractivity contribution is 7.99. The van der Waals surface area contributed by atoms with Crippen LogP contribution >= 0.6 is 11.8 Å². The van der Waals surface area contributed by atoms with Crippen LogP contribution in [0, 0.1) is 0 Å². The van der Waals surface area contributed by atoms with Crippen molar-refractivity contribution in [3.63, 3.8) is 0 Å². The van der Waals surface area contributed by atoms with Crippen molar-refractivity contribution in [2.24, 2.45) is 0 Å². The lowest BCUT2D eigenvalue weighted by Gasteiger charge is -2.21. The predicted molar refractivity (Wildman–Crippen MR) is 95.0 cm³/mol. The molecule has 0 aliphatic carbocycles. The number of thioether (sulfide) groups is 1. The van der Waals surface area contributed by atoms with Crippen molar-refractivity contribution in [1.82, 2.24) is 10.3 Å². The summed E-state index contributed by atoms with van der Waals surface area (Å²) in [7, 11) is 0. The fraction of sp³-hybridized carbons (Fsp3) is 0.500. The minimum Gasteiger partial charge on any atom is -0.309 e. The van der Waals surface area contributed by atoms with E-state index in [1.807, 2.05) is 12.3 Å². The zero-order valence-corrected chi connectivity index (χ0v) is 14.1. The van der Waals surface area contributed by atoms with E-state index in [9.17, 15) is 0 Å². The van der Waals surface area contributed by atoms with E-state index >= 15 is 0 Å². The van der Waals surface area contributed by atoms with Gasteiger partial charge in [-0.3, -0.25) is 4.98 Å². The second-order valence-corrected chi connectivity index (χ2v) is 6.99. The van der Waals surface area contributed by atoms with E-state index in [1.165, 1.54) is 17.4 Å². The maximum atomic E-state index is 4.48. The Morgan fingerprint density at radius 1 is 1.24 bits per heavy atom. The Balaban J connectivity index is 2.16. The highest BCUT2D eigenvalue weighted by Gasteiger charge is 2.13. The third-order valence-electron chi connectivity index (χ3n) is 3.80. The summed E-state index contributed by atoms with van der Waals surface area (Å²) in [5.41, 5.74) is 2.44. The van der Waals surface area contributed by atoms with Crippen molar-refractivity contribution in [3.05, 3.63) is 42.1 Å². The monoisotopic (exact) mass is 302 g/mol. The van der Waals surface area contributed by atoms with Gasteiger partial charge in [-0.25, -0.2) is 0 Å². The zero-order chi connectivity index (χ0) is 15.1. The van der Waals surface area contributed by atoms with Gasteiger partial charge in [0.25, 0.3) is 0 Å². The van der Waals surface area contributed by atoms with Gasteiger partial charge in [-0.1, -0.05) is 39.0 Å². The van der Waals surface area contributed by atoms with Crippen molar-refractivity contribution in [2.45, 2.75) is 44.9 Å². The molecule has 21 heavy (non-hydrogen) atoms. The Hall–Kier alpha value is -1.06. The van der Waals surface area contributed by atoms with Crippen LogP contribution in [-0.2, 0) is 0 Å². The van der Waals surface area contributed by atoms with E-state index in [0.717, 1.165) is 29.5 Å². The first-order chi connectivity index (χ1) is 10.2. The molecule has 0 saturated carbocycles. The van der Waals surface area contributed by atoms with Crippen molar-refractivity contribution >= 4 is 22.7 Å². The zero-order valence-electron chi connectivity index (χ0n) is 13.3. The molecule has 1 N–H and O–H groups in total. The molecule has 114 valence electrons. The van der Waals surface area contributed by atoms with Crippen LogP contribution in [0.15, 0.2) is 36.5 Å². The summed E-state index contributed by atoms with van der Waals surface area (Å²) in [5.74, 6) is 1.12. The van der Waals surface area contributed by atoms with Gasteiger partial charge in [-0.05, 0) is 37.1 Å². The Labute approximate surface area is 132 Å². The van der Waals surface area contributed by atoms with E-state index in [1.54, 1.807) is 0 Å². The van der Waals surface area contributed by atoms with Gasteiger partial charge in [0.2, 0.25) is 0 Å². The van der Waals surface area contributed by atoms with Crippen LogP contribution in [0.5, 0.6) is 0 Å². The van der Waals surface area contributed by atoms with Gasteiger partial charge in [-0.2, -0.15) is 11.8 Å². The van der Waals surface area contributed by atoms with Gasteiger partial charge in [0.05, 0.1) is 5.52 Å². The first-order valence-corrected chi connectivity index (χ1v) is 8.99. The average Bonchev–Trinajstić information content (AvgIpc) is 2.54.